The molecule has 19 heavy (non-hydrogen) atoms. The number of nitrogens with zero attached hydrogens (tertiary/aromatic N) is 1. The van der Waals surface area contributed by atoms with Gasteiger partial charge in [-0.05, 0) is 11.6 Å². The van der Waals surface area contributed by atoms with E-state index in [2.05, 4.69) is 0 Å². The van der Waals surface area contributed by atoms with Crippen molar-refractivity contribution in [2.75, 3.05) is 0 Å². The van der Waals surface area contributed by atoms with Crippen LogP contribution in [0.25, 0.3) is 0 Å². The lowest BCUT2D eigenvalue weighted by molar-refractivity contribution is -0.388. The number of nitro groups is 1. The van der Waals surface area contributed by atoms with Crippen LogP contribution < -0.4 is 0 Å². The standard InChI is InChI=1S/C9H4ClF6NO2/c10-3-4-1-7(17(18)19)6(9(14,15)16)2-5(4)8(11,12)13/h1-2H,3H2. The minimum atomic E-state index is -5.27. The molecule has 0 aromatic heterocycles. The lowest BCUT2D eigenvalue weighted by Gasteiger charge is -2.15. The van der Waals surface area contributed by atoms with Gasteiger partial charge in [0.25, 0.3) is 5.69 Å². The highest BCUT2D eigenvalue weighted by molar-refractivity contribution is 6.17. The van der Waals surface area contributed by atoms with Crippen molar-refractivity contribution in [1.82, 2.24) is 0 Å². The van der Waals surface area contributed by atoms with Crippen molar-refractivity contribution < 1.29 is 31.3 Å². The summed E-state index contributed by atoms with van der Waals surface area (Å²) in [7, 11) is 0. The maximum Gasteiger partial charge on any atom is 0.423 e. The zero-order chi connectivity index (χ0) is 15.0. The molecule has 10 heteroatoms. The van der Waals surface area contributed by atoms with Gasteiger partial charge in [-0.2, -0.15) is 26.3 Å². The minimum Gasteiger partial charge on any atom is -0.258 e. The van der Waals surface area contributed by atoms with Gasteiger partial charge < -0.3 is 0 Å². The van der Waals surface area contributed by atoms with Gasteiger partial charge in [-0.25, -0.2) is 0 Å². The van der Waals surface area contributed by atoms with Crippen LogP contribution in [0, 0.1) is 10.1 Å². The molecule has 0 aliphatic rings. The Kier molecular flexibility index (Phi) is 3.99. The summed E-state index contributed by atoms with van der Waals surface area (Å²) in [5.41, 5.74) is -5.84. The van der Waals surface area contributed by atoms with Crippen LogP contribution in [0.1, 0.15) is 16.7 Å². The van der Waals surface area contributed by atoms with Gasteiger partial charge in [0.1, 0.15) is 5.56 Å². The number of halogens is 7. The fraction of sp³-hybridized carbons (Fsp3) is 0.333. The van der Waals surface area contributed by atoms with Crippen molar-refractivity contribution in [3.05, 3.63) is 38.9 Å². The lowest BCUT2D eigenvalue weighted by atomic mass is 10.0. The third-order valence-corrected chi connectivity index (χ3v) is 2.46. The molecule has 0 saturated heterocycles. The average molecular weight is 308 g/mol. The molecule has 0 atom stereocenters. The Hall–Kier alpha value is -1.51. The van der Waals surface area contributed by atoms with Crippen molar-refractivity contribution >= 4 is 17.3 Å². The molecule has 3 nitrogen and oxygen atoms in total. The molecule has 0 saturated carbocycles. The second-order valence-corrected chi connectivity index (χ2v) is 3.68. The van der Waals surface area contributed by atoms with E-state index in [0.29, 0.717) is 0 Å². The van der Waals surface area contributed by atoms with Gasteiger partial charge in [0, 0.05) is 11.9 Å². The van der Waals surface area contributed by atoms with Crippen LogP contribution in [-0.4, -0.2) is 4.92 Å². The largest absolute Gasteiger partial charge is 0.423 e. The Morgan fingerprint density at radius 2 is 1.53 bits per heavy atom. The normalized spacial score (nSPS) is 12.6. The van der Waals surface area contributed by atoms with Gasteiger partial charge in [-0.3, -0.25) is 10.1 Å². The second kappa shape index (κ2) is 4.87. The van der Waals surface area contributed by atoms with Gasteiger partial charge >= 0.3 is 12.4 Å². The van der Waals surface area contributed by atoms with Crippen LogP contribution >= 0.6 is 11.6 Å². The average Bonchev–Trinajstić information content (AvgIpc) is 2.24. The monoisotopic (exact) mass is 307 g/mol. The van der Waals surface area contributed by atoms with Gasteiger partial charge in [0.15, 0.2) is 0 Å². The van der Waals surface area contributed by atoms with E-state index in [1.807, 2.05) is 0 Å². The van der Waals surface area contributed by atoms with E-state index in [1.165, 1.54) is 0 Å². The Bertz CT molecular complexity index is 511. The molecule has 0 radical (unpaired) electrons. The van der Waals surface area contributed by atoms with Crippen molar-refractivity contribution in [2.24, 2.45) is 0 Å². The summed E-state index contributed by atoms with van der Waals surface area (Å²) in [6, 6.07) is -0.103. The molecule has 106 valence electrons. The van der Waals surface area contributed by atoms with Crippen LogP contribution in [-0.2, 0) is 18.2 Å². The predicted molar refractivity (Wildman–Crippen MR) is 52.7 cm³/mol. The van der Waals surface area contributed by atoms with Crippen molar-refractivity contribution in [3.63, 3.8) is 0 Å². The Labute approximate surface area is 106 Å². The fourth-order valence-electron chi connectivity index (χ4n) is 1.38. The van der Waals surface area contributed by atoms with Crippen LogP contribution in [0.2, 0.25) is 0 Å². The number of benzene rings is 1. The molecule has 1 aromatic carbocycles. The highest BCUT2D eigenvalue weighted by atomic mass is 35.5. The van der Waals surface area contributed by atoms with Crippen LogP contribution in [0.4, 0.5) is 32.0 Å². The molecule has 1 aromatic rings. The molecule has 0 aliphatic carbocycles. The van der Waals surface area contributed by atoms with Crippen LogP contribution in [0.5, 0.6) is 0 Å². The van der Waals surface area contributed by atoms with Gasteiger partial charge in [-0.15, -0.1) is 11.6 Å². The molecule has 0 unspecified atom stereocenters. The first-order chi connectivity index (χ1) is 8.48. The number of nitro benzene ring substituents is 1. The summed E-state index contributed by atoms with van der Waals surface area (Å²) < 4.78 is 75.1. The summed E-state index contributed by atoms with van der Waals surface area (Å²) in [6.07, 6.45) is -10.4. The van der Waals surface area contributed by atoms with E-state index >= 15 is 0 Å². The first kappa shape index (κ1) is 15.5. The molecule has 0 fully saturated rings. The first-order valence-corrected chi connectivity index (χ1v) is 5.03. The quantitative estimate of drug-likeness (QED) is 0.352. The Balaban J connectivity index is 3.67. The maximum atomic E-state index is 12.5. The van der Waals surface area contributed by atoms with Crippen LogP contribution in [0.15, 0.2) is 12.1 Å². The molecule has 0 spiro atoms. The summed E-state index contributed by atoms with van der Waals surface area (Å²) in [4.78, 5) is 9.08. The first-order valence-electron chi connectivity index (χ1n) is 4.50. The lowest BCUT2D eigenvalue weighted by Crippen LogP contribution is -2.15. The molecule has 0 amide bonds. The van der Waals surface area contributed by atoms with E-state index in [9.17, 15) is 36.5 Å². The van der Waals surface area contributed by atoms with E-state index in [-0.39, 0.29) is 12.1 Å². The second-order valence-electron chi connectivity index (χ2n) is 3.41. The predicted octanol–water partition coefficient (Wildman–Crippen LogP) is 4.37. The molecule has 0 bridgehead atoms. The van der Waals surface area contributed by atoms with Gasteiger partial charge in [0.05, 0.1) is 10.5 Å². The summed E-state index contributed by atoms with van der Waals surface area (Å²) >= 11 is 5.18. The molecule has 0 heterocycles. The third kappa shape index (κ3) is 3.28. The molecule has 0 aliphatic heterocycles. The molecule has 1 rings (SSSR count). The van der Waals surface area contributed by atoms with Crippen molar-refractivity contribution in [3.8, 4) is 0 Å². The van der Waals surface area contributed by atoms with Crippen LogP contribution in [0.3, 0.4) is 0 Å². The summed E-state index contributed by atoms with van der Waals surface area (Å²) in [5.74, 6) is -0.798. The Morgan fingerprint density at radius 1 is 1.05 bits per heavy atom. The molecular weight excluding hydrogens is 304 g/mol. The Morgan fingerprint density at radius 3 is 1.84 bits per heavy atom. The SMILES string of the molecule is O=[N+]([O-])c1cc(CCl)c(C(F)(F)F)cc1C(F)(F)F. The van der Waals surface area contributed by atoms with Gasteiger partial charge in [-0.1, -0.05) is 0 Å². The molecule has 0 N–H and O–H groups in total. The van der Waals surface area contributed by atoms with Crippen molar-refractivity contribution in [2.45, 2.75) is 18.2 Å². The van der Waals surface area contributed by atoms with Gasteiger partial charge in [0.2, 0.25) is 0 Å². The van der Waals surface area contributed by atoms with E-state index in [0.717, 1.165) is 0 Å². The minimum absolute atomic E-state index is 0.193. The number of rotatable bonds is 2. The van der Waals surface area contributed by atoms with E-state index in [1.54, 1.807) is 0 Å². The summed E-state index contributed by atoms with van der Waals surface area (Å²) in [6.45, 7) is 0. The highest BCUT2D eigenvalue weighted by Gasteiger charge is 2.43. The summed E-state index contributed by atoms with van der Waals surface area (Å²) in [5, 5.41) is 10.5. The maximum absolute atomic E-state index is 12.5. The number of hydrogen-bond donors (Lipinski definition) is 0. The van der Waals surface area contributed by atoms with E-state index in [4.69, 9.17) is 11.6 Å². The number of hydrogen-bond acceptors (Lipinski definition) is 2. The highest BCUT2D eigenvalue weighted by Crippen LogP contribution is 2.42. The fourth-order valence-corrected chi connectivity index (χ4v) is 1.61. The van der Waals surface area contributed by atoms with Crippen molar-refractivity contribution in [1.29, 1.82) is 0 Å². The zero-order valence-corrected chi connectivity index (χ0v) is 9.53. The topological polar surface area (TPSA) is 43.1 Å². The van der Waals surface area contributed by atoms with E-state index < -0.39 is 45.5 Å². The number of alkyl halides is 7. The zero-order valence-electron chi connectivity index (χ0n) is 8.77. The molecular formula is C9H4ClF6NO2. The smallest absolute Gasteiger partial charge is 0.258 e. The third-order valence-electron chi connectivity index (χ3n) is 2.17.